The molecule has 1 rings (SSSR count). The zero-order valence-corrected chi connectivity index (χ0v) is 12.3. The first-order chi connectivity index (χ1) is 9.81. The van der Waals surface area contributed by atoms with Gasteiger partial charge in [0.25, 0.3) is 0 Å². The first-order valence-electron chi connectivity index (χ1n) is 6.56. The van der Waals surface area contributed by atoms with Crippen LogP contribution < -0.4 is 15.4 Å². The molecule has 0 aliphatic rings. The highest BCUT2D eigenvalue weighted by molar-refractivity contribution is 5.79. The maximum atomic E-state index is 12.2. The van der Waals surface area contributed by atoms with Crippen molar-refractivity contribution in [3.63, 3.8) is 0 Å². The number of guanidine groups is 1. The van der Waals surface area contributed by atoms with Crippen molar-refractivity contribution in [3.05, 3.63) is 29.8 Å². The van der Waals surface area contributed by atoms with Crippen molar-refractivity contribution in [3.8, 4) is 5.75 Å². The molecule has 2 N–H and O–H groups in total. The number of hydrogen-bond acceptors (Lipinski definition) is 2. The van der Waals surface area contributed by atoms with Crippen LogP contribution >= 0.6 is 0 Å². The van der Waals surface area contributed by atoms with Crippen LogP contribution in [-0.2, 0) is 6.54 Å². The van der Waals surface area contributed by atoms with Gasteiger partial charge < -0.3 is 15.4 Å². The van der Waals surface area contributed by atoms with Gasteiger partial charge in [-0.15, -0.1) is 0 Å². The predicted molar refractivity (Wildman–Crippen MR) is 76.5 cm³/mol. The molecule has 0 heterocycles. The molecule has 0 fully saturated rings. The minimum atomic E-state index is -4.35. The molecular weight excluding hydrogens is 283 g/mol. The smallest absolute Gasteiger partial charge is 0.422 e. The first-order valence-corrected chi connectivity index (χ1v) is 6.56. The van der Waals surface area contributed by atoms with Gasteiger partial charge in [0.2, 0.25) is 0 Å². The van der Waals surface area contributed by atoms with E-state index in [1.807, 2.05) is 13.8 Å². The molecule has 0 atom stereocenters. The molecule has 0 amide bonds. The van der Waals surface area contributed by atoms with Crippen molar-refractivity contribution in [2.45, 2.75) is 32.6 Å². The second-order valence-electron chi connectivity index (χ2n) is 4.74. The van der Waals surface area contributed by atoms with E-state index in [2.05, 4.69) is 15.6 Å². The van der Waals surface area contributed by atoms with Gasteiger partial charge in [0.1, 0.15) is 5.75 Å². The third kappa shape index (κ3) is 6.87. The number of hydrogen-bond donors (Lipinski definition) is 2. The predicted octanol–water partition coefficient (Wildman–Crippen LogP) is 2.70. The van der Waals surface area contributed by atoms with Gasteiger partial charge in [-0.1, -0.05) is 18.2 Å². The monoisotopic (exact) mass is 303 g/mol. The summed E-state index contributed by atoms with van der Waals surface area (Å²) >= 11 is 0. The van der Waals surface area contributed by atoms with Gasteiger partial charge in [-0.25, -0.2) is 0 Å². The van der Waals surface area contributed by atoms with Gasteiger partial charge in [0, 0.05) is 25.2 Å². The minimum Gasteiger partial charge on any atom is -0.484 e. The van der Waals surface area contributed by atoms with Crippen molar-refractivity contribution in [1.82, 2.24) is 10.6 Å². The zero-order chi connectivity index (χ0) is 15.9. The third-order valence-corrected chi connectivity index (χ3v) is 2.46. The molecule has 0 saturated heterocycles. The fourth-order valence-corrected chi connectivity index (χ4v) is 1.60. The number of ether oxygens (including phenoxy) is 1. The van der Waals surface area contributed by atoms with Crippen LogP contribution in [0.1, 0.15) is 19.4 Å². The third-order valence-electron chi connectivity index (χ3n) is 2.46. The molecule has 0 radical (unpaired) electrons. The van der Waals surface area contributed by atoms with Crippen LogP contribution in [0.25, 0.3) is 0 Å². The van der Waals surface area contributed by atoms with E-state index in [1.54, 1.807) is 25.2 Å². The Morgan fingerprint density at radius 2 is 1.95 bits per heavy atom. The Bertz CT molecular complexity index is 473. The van der Waals surface area contributed by atoms with E-state index < -0.39 is 12.8 Å². The maximum absolute atomic E-state index is 12.2. The van der Waals surface area contributed by atoms with Crippen LogP contribution in [-0.4, -0.2) is 31.8 Å². The van der Waals surface area contributed by atoms with Crippen LogP contribution in [0.5, 0.6) is 5.75 Å². The quantitative estimate of drug-likeness (QED) is 0.649. The van der Waals surface area contributed by atoms with Crippen molar-refractivity contribution >= 4 is 5.96 Å². The summed E-state index contributed by atoms with van der Waals surface area (Å²) in [5.74, 6) is 0.790. The van der Waals surface area contributed by atoms with Crippen molar-refractivity contribution in [2.75, 3.05) is 13.7 Å². The summed E-state index contributed by atoms with van der Waals surface area (Å²) < 4.78 is 41.5. The average molecular weight is 303 g/mol. The van der Waals surface area contributed by atoms with Crippen molar-refractivity contribution in [1.29, 1.82) is 0 Å². The standard InChI is InChI=1S/C14H20F3N3O/c1-10(2)20-13(18-3)19-8-11-6-4-5-7-12(11)21-9-14(15,16)17/h4-7,10H,8-9H2,1-3H3,(H2,18,19,20). The lowest BCUT2D eigenvalue weighted by Gasteiger charge is -2.16. The number of nitrogens with zero attached hydrogens (tertiary/aromatic N) is 1. The van der Waals surface area contributed by atoms with Crippen molar-refractivity contribution < 1.29 is 17.9 Å². The molecule has 0 bridgehead atoms. The van der Waals surface area contributed by atoms with Gasteiger partial charge in [0.15, 0.2) is 12.6 Å². The lowest BCUT2D eigenvalue weighted by atomic mass is 10.2. The van der Waals surface area contributed by atoms with E-state index >= 15 is 0 Å². The molecular formula is C14H20F3N3O. The van der Waals surface area contributed by atoms with Gasteiger partial charge >= 0.3 is 6.18 Å². The van der Waals surface area contributed by atoms with E-state index in [-0.39, 0.29) is 11.8 Å². The Labute approximate surface area is 122 Å². The molecule has 0 saturated carbocycles. The summed E-state index contributed by atoms with van der Waals surface area (Å²) in [6.45, 7) is 2.95. The van der Waals surface area contributed by atoms with Crippen LogP contribution in [0.15, 0.2) is 29.3 Å². The van der Waals surface area contributed by atoms with Crippen LogP contribution in [0.3, 0.4) is 0 Å². The molecule has 118 valence electrons. The summed E-state index contributed by atoms with van der Waals surface area (Å²) in [5, 5.41) is 6.13. The van der Waals surface area contributed by atoms with E-state index in [0.29, 0.717) is 18.1 Å². The Hall–Kier alpha value is -1.92. The largest absolute Gasteiger partial charge is 0.484 e. The normalized spacial score (nSPS) is 12.4. The van der Waals surface area contributed by atoms with Crippen molar-refractivity contribution in [2.24, 2.45) is 4.99 Å². The molecule has 0 aromatic heterocycles. The summed E-state index contributed by atoms with van der Waals surface area (Å²) in [6.07, 6.45) is -4.35. The van der Waals surface area contributed by atoms with E-state index in [1.165, 1.54) is 6.07 Å². The van der Waals surface area contributed by atoms with Gasteiger partial charge in [-0.2, -0.15) is 13.2 Å². The Kier molecular flexibility index (Phi) is 6.33. The number of benzene rings is 1. The van der Waals surface area contributed by atoms with E-state index in [4.69, 9.17) is 4.74 Å². The van der Waals surface area contributed by atoms with E-state index in [0.717, 1.165) is 0 Å². The molecule has 4 nitrogen and oxygen atoms in total. The maximum Gasteiger partial charge on any atom is 0.422 e. The number of aliphatic imine (C=N–C) groups is 1. The summed E-state index contributed by atoms with van der Waals surface area (Å²) in [4.78, 5) is 4.03. The fraction of sp³-hybridized carbons (Fsp3) is 0.500. The molecule has 0 spiro atoms. The number of nitrogens with one attached hydrogen (secondary N) is 2. The van der Waals surface area contributed by atoms with Crippen LogP contribution in [0, 0.1) is 0 Å². The molecule has 0 aliphatic heterocycles. The zero-order valence-electron chi connectivity index (χ0n) is 12.3. The fourth-order valence-electron chi connectivity index (χ4n) is 1.60. The summed E-state index contributed by atoms with van der Waals surface area (Å²) in [6, 6.07) is 6.81. The highest BCUT2D eigenvalue weighted by Gasteiger charge is 2.28. The minimum absolute atomic E-state index is 0.202. The highest BCUT2D eigenvalue weighted by atomic mass is 19.4. The number of halogens is 3. The summed E-state index contributed by atoms with van der Waals surface area (Å²) in [5.41, 5.74) is 0.633. The first kappa shape index (κ1) is 17.1. The SMILES string of the molecule is CN=C(NCc1ccccc1OCC(F)(F)F)NC(C)C. The molecule has 0 aliphatic carbocycles. The van der Waals surface area contributed by atoms with E-state index in [9.17, 15) is 13.2 Å². The second-order valence-corrected chi connectivity index (χ2v) is 4.74. The number of para-hydroxylation sites is 1. The average Bonchev–Trinajstić information content (AvgIpc) is 2.40. The molecule has 1 aromatic carbocycles. The molecule has 21 heavy (non-hydrogen) atoms. The number of rotatable bonds is 5. The highest BCUT2D eigenvalue weighted by Crippen LogP contribution is 2.21. The molecule has 0 unspecified atom stereocenters. The van der Waals surface area contributed by atoms with Gasteiger partial charge in [-0.3, -0.25) is 4.99 Å². The van der Waals surface area contributed by atoms with Crippen LogP contribution in [0.2, 0.25) is 0 Å². The lowest BCUT2D eigenvalue weighted by Crippen LogP contribution is -2.40. The Morgan fingerprint density at radius 1 is 1.29 bits per heavy atom. The topological polar surface area (TPSA) is 45.7 Å². The Morgan fingerprint density at radius 3 is 2.52 bits per heavy atom. The lowest BCUT2D eigenvalue weighted by molar-refractivity contribution is -0.153. The van der Waals surface area contributed by atoms with Crippen LogP contribution in [0.4, 0.5) is 13.2 Å². The van der Waals surface area contributed by atoms with Gasteiger partial charge in [-0.05, 0) is 19.9 Å². The number of alkyl halides is 3. The van der Waals surface area contributed by atoms with Gasteiger partial charge in [0.05, 0.1) is 0 Å². The molecule has 1 aromatic rings. The summed E-state index contributed by atoms with van der Waals surface area (Å²) in [7, 11) is 1.63. The Balaban J connectivity index is 2.66. The molecule has 7 heteroatoms. The second kappa shape index (κ2) is 7.75.